The fourth-order valence-corrected chi connectivity index (χ4v) is 1.49. The fraction of sp³-hybridized carbons (Fsp3) is 0.182. The van der Waals surface area contributed by atoms with Gasteiger partial charge < -0.3 is 5.11 Å². The van der Waals surface area contributed by atoms with Crippen LogP contribution in [0.2, 0.25) is 0 Å². The third-order valence-electron chi connectivity index (χ3n) is 2.26. The second kappa shape index (κ2) is 3.35. The number of hydrogen-bond acceptors (Lipinski definition) is 2. The van der Waals surface area contributed by atoms with E-state index >= 15 is 0 Å². The first-order valence-corrected chi connectivity index (χ1v) is 4.37. The maximum Gasteiger partial charge on any atom is 0.149 e. The summed E-state index contributed by atoms with van der Waals surface area (Å²) in [5, 5.41) is 9.69. The number of rotatable bonds is 1. The summed E-state index contributed by atoms with van der Waals surface area (Å²) in [5.41, 5.74) is 1.90. The smallest absolute Gasteiger partial charge is 0.149 e. The molecule has 1 aromatic heterocycles. The lowest BCUT2D eigenvalue weighted by Gasteiger charge is -2.04. The molecule has 0 atom stereocenters. The van der Waals surface area contributed by atoms with Gasteiger partial charge in [0.15, 0.2) is 0 Å². The summed E-state index contributed by atoms with van der Waals surface area (Å²) in [5.74, 6) is -0.379. The zero-order chi connectivity index (χ0) is 10.1. The largest absolute Gasteiger partial charge is 0.392 e. The van der Waals surface area contributed by atoms with Crippen LogP contribution >= 0.6 is 0 Å². The lowest BCUT2D eigenvalue weighted by atomic mass is 10.1. The molecule has 2 aromatic rings. The lowest BCUT2D eigenvalue weighted by molar-refractivity contribution is 0.281. The van der Waals surface area contributed by atoms with E-state index < -0.39 is 0 Å². The Labute approximate surface area is 81.0 Å². The zero-order valence-corrected chi connectivity index (χ0v) is 7.79. The molecule has 0 aliphatic heterocycles. The first-order chi connectivity index (χ1) is 6.72. The Hall–Kier alpha value is -1.48. The first kappa shape index (κ1) is 9.09. The summed E-state index contributed by atoms with van der Waals surface area (Å²) in [4.78, 5) is 3.96. The van der Waals surface area contributed by atoms with Gasteiger partial charge in [0.25, 0.3) is 0 Å². The van der Waals surface area contributed by atoms with Gasteiger partial charge in [0, 0.05) is 11.6 Å². The topological polar surface area (TPSA) is 33.1 Å². The molecule has 72 valence electrons. The molecule has 3 heteroatoms. The highest BCUT2D eigenvalue weighted by atomic mass is 19.1. The summed E-state index contributed by atoms with van der Waals surface area (Å²) < 4.78 is 13.4. The van der Waals surface area contributed by atoms with Crippen LogP contribution in [-0.2, 0) is 6.61 Å². The Morgan fingerprint density at radius 2 is 2.21 bits per heavy atom. The monoisotopic (exact) mass is 191 g/mol. The van der Waals surface area contributed by atoms with Crippen LogP contribution in [0.1, 0.15) is 11.1 Å². The Bertz CT molecular complexity index is 482. The Morgan fingerprint density at radius 1 is 1.43 bits per heavy atom. The summed E-state index contributed by atoms with van der Waals surface area (Å²) in [6, 6.07) is 4.90. The molecule has 0 bridgehead atoms. The molecule has 0 fully saturated rings. The quantitative estimate of drug-likeness (QED) is 0.749. The molecule has 0 aliphatic carbocycles. The summed E-state index contributed by atoms with van der Waals surface area (Å²) in [7, 11) is 0. The van der Waals surface area contributed by atoms with Gasteiger partial charge in [0.2, 0.25) is 0 Å². The molecule has 14 heavy (non-hydrogen) atoms. The maximum atomic E-state index is 13.4. The van der Waals surface area contributed by atoms with Crippen molar-refractivity contribution in [2.45, 2.75) is 13.5 Å². The van der Waals surface area contributed by atoms with Crippen molar-refractivity contribution < 1.29 is 9.50 Å². The molecular weight excluding hydrogens is 181 g/mol. The van der Waals surface area contributed by atoms with Gasteiger partial charge >= 0.3 is 0 Å². The molecule has 0 amide bonds. The first-order valence-electron chi connectivity index (χ1n) is 4.37. The highest BCUT2D eigenvalue weighted by Crippen LogP contribution is 2.20. The van der Waals surface area contributed by atoms with Gasteiger partial charge in [-0.2, -0.15) is 0 Å². The number of hydrogen-bond donors (Lipinski definition) is 1. The molecule has 2 rings (SSSR count). The predicted molar refractivity (Wildman–Crippen MR) is 52.4 cm³/mol. The molecule has 1 aromatic carbocycles. The van der Waals surface area contributed by atoms with E-state index in [0.29, 0.717) is 11.1 Å². The number of fused-ring (bicyclic) bond motifs is 1. The minimum atomic E-state index is -0.379. The summed E-state index contributed by atoms with van der Waals surface area (Å²) in [6.07, 6.45) is 1.58. The maximum absolute atomic E-state index is 13.4. The van der Waals surface area contributed by atoms with Crippen LogP contribution in [0, 0.1) is 12.7 Å². The van der Waals surface area contributed by atoms with E-state index in [1.165, 1.54) is 6.07 Å². The number of aryl methyl sites for hydroxylation is 1. The molecule has 0 unspecified atom stereocenters. The number of nitrogens with zero attached hydrogens (tertiary/aromatic N) is 1. The van der Waals surface area contributed by atoms with Gasteiger partial charge in [0.05, 0.1) is 6.61 Å². The molecule has 0 saturated carbocycles. The zero-order valence-electron chi connectivity index (χ0n) is 7.79. The summed E-state index contributed by atoms with van der Waals surface area (Å²) in [6.45, 7) is 1.74. The van der Waals surface area contributed by atoms with E-state index in [-0.39, 0.29) is 12.4 Å². The molecular formula is C11H10FNO. The van der Waals surface area contributed by atoms with Crippen LogP contribution in [0.3, 0.4) is 0 Å². The van der Waals surface area contributed by atoms with Gasteiger partial charge in [-0.15, -0.1) is 0 Å². The Morgan fingerprint density at radius 3 is 2.93 bits per heavy atom. The standard InChI is InChI=1S/C11H10FNO/c1-7-2-3-13-11-9(7)4-8(6-14)5-10(11)12/h2-5,14H,6H2,1H3. The SMILES string of the molecule is Cc1ccnc2c(F)cc(CO)cc12. The van der Waals surface area contributed by atoms with E-state index in [0.717, 1.165) is 10.9 Å². The van der Waals surface area contributed by atoms with Crippen molar-refractivity contribution in [2.75, 3.05) is 0 Å². The van der Waals surface area contributed by atoms with Crippen LogP contribution in [0.5, 0.6) is 0 Å². The van der Waals surface area contributed by atoms with Crippen molar-refractivity contribution in [1.82, 2.24) is 4.98 Å². The third kappa shape index (κ3) is 1.36. The minimum Gasteiger partial charge on any atom is -0.392 e. The van der Waals surface area contributed by atoms with Crippen molar-refractivity contribution in [2.24, 2.45) is 0 Å². The average Bonchev–Trinajstić information content (AvgIpc) is 2.19. The molecule has 0 aliphatic rings. The van der Waals surface area contributed by atoms with Crippen molar-refractivity contribution in [3.8, 4) is 0 Å². The number of aliphatic hydroxyl groups is 1. The minimum absolute atomic E-state index is 0.152. The number of benzene rings is 1. The van der Waals surface area contributed by atoms with Crippen molar-refractivity contribution >= 4 is 10.9 Å². The highest BCUT2D eigenvalue weighted by molar-refractivity contribution is 5.82. The van der Waals surface area contributed by atoms with E-state index in [9.17, 15) is 4.39 Å². The molecule has 1 heterocycles. The van der Waals surface area contributed by atoms with E-state index in [1.807, 2.05) is 13.0 Å². The van der Waals surface area contributed by atoms with Crippen LogP contribution in [0.15, 0.2) is 24.4 Å². The summed E-state index contributed by atoms with van der Waals surface area (Å²) >= 11 is 0. The average molecular weight is 191 g/mol. The van der Waals surface area contributed by atoms with Crippen LogP contribution < -0.4 is 0 Å². The van der Waals surface area contributed by atoms with Gasteiger partial charge in [-0.1, -0.05) is 0 Å². The number of aliphatic hydroxyl groups excluding tert-OH is 1. The number of pyridine rings is 1. The van der Waals surface area contributed by atoms with Gasteiger partial charge in [0.1, 0.15) is 11.3 Å². The van der Waals surface area contributed by atoms with E-state index in [2.05, 4.69) is 4.98 Å². The van der Waals surface area contributed by atoms with Gasteiger partial charge in [-0.25, -0.2) is 4.39 Å². The number of aromatic nitrogens is 1. The van der Waals surface area contributed by atoms with E-state index in [4.69, 9.17) is 5.11 Å². The molecule has 2 nitrogen and oxygen atoms in total. The second-order valence-corrected chi connectivity index (χ2v) is 3.26. The predicted octanol–water partition coefficient (Wildman–Crippen LogP) is 2.17. The molecule has 0 radical (unpaired) electrons. The Balaban J connectivity index is 2.83. The number of halogens is 1. The molecule has 0 saturated heterocycles. The van der Waals surface area contributed by atoms with Crippen molar-refractivity contribution in [3.63, 3.8) is 0 Å². The third-order valence-corrected chi connectivity index (χ3v) is 2.26. The Kier molecular flexibility index (Phi) is 2.17. The second-order valence-electron chi connectivity index (χ2n) is 3.26. The lowest BCUT2D eigenvalue weighted by Crippen LogP contribution is -1.91. The van der Waals surface area contributed by atoms with Crippen LogP contribution in [0.4, 0.5) is 4.39 Å². The van der Waals surface area contributed by atoms with Gasteiger partial charge in [-0.3, -0.25) is 4.98 Å². The van der Waals surface area contributed by atoms with Gasteiger partial charge in [-0.05, 0) is 36.2 Å². The van der Waals surface area contributed by atoms with E-state index in [1.54, 1.807) is 12.3 Å². The van der Waals surface area contributed by atoms with Crippen molar-refractivity contribution in [1.29, 1.82) is 0 Å². The molecule has 1 N–H and O–H groups in total. The normalized spacial score (nSPS) is 10.8. The fourth-order valence-electron chi connectivity index (χ4n) is 1.49. The van der Waals surface area contributed by atoms with Crippen LogP contribution in [0.25, 0.3) is 10.9 Å². The highest BCUT2D eigenvalue weighted by Gasteiger charge is 2.05. The van der Waals surface area contributed by atoms with Crippen molar-refractivity contribution in [3.05, 3.63) is 41.3 Å². The van der Waals surface area contributed by atoms with Crippen LogP contribution in [-0.4, -0.2) is 10.1 Å². The molecule has 0 spiro atoms.